The summed E-state index contributed by atoms with van der Waals surface area (Å²) in [7, 11) is -4.96. The van der Waals surface area contributed by atoms with E-state index in [0.29, 0.717) is 0 Å². The van der Waals surface area contributed by atoms with Gasteiger partial charge in [-0.25, -0.2) is 4.18 Å². The van der Waals surface area contributed by atoms with Crippen molar-refractivity contribution in [3.8, 4) is 0 Å². The third-order valence-corrected chi connectivity index (χ3v) is 1.95. The van der Waals surface area contributed by atoms with Crippen molar-refractivity contribution < 1.29 is 37.3 Å². The number of hydrogen-bond donors (Lipinski definition) is 4. The van der Waals surface area contributed by atoms with Crippen molar-refractivity contribution in [1.82, 2.24) is 0 Å². The Morgan fingerprint density at radius 3 is 2.13 bits per heavy atom. The molecule has 90 valence electrons. The quantitative estimate of drug-likeness (QED) is 0.375. The van der Waals surface area contributed by atoms with Crippen LogP contribution in [0.1, 0.15) is 6.92 Å². The maximum atomic E-state index is 10.9. The van der Waals surface area contributed by atoms with E-state index in [9.17, 15) is 13.2 Å². The lowest BCUT2D eigenvalue weighted by molar-refractivity contribution is -0.138. The molecule has 0 aromatic rings. The topological polar surface area (TPSA) is 141 Å². The summed E-state index contributed by atoms with van der Waals surface area (Å²) in [4.78, 5) is 10.9. The fourth-order valence-electron chi connectivity index (χ4n) is 0.775. The zero-order chi connectivity index (χ0) is 12.2. The van der Waals surface area contributed by atoms with Crippen LogP contribution in [0.4, 0.5) is 0 Å². The van der Waals surface area contributed by atoms with Crippen LogP contribution in [0.15, 0.2) is 0 Å². The van der Waals surface area contributed by atoms with Gasteiger partial charge in [0.15, 0.2) is 11.9 Å². The third-order valence-electron chi connectivity index (χ3n) is 1.50. The van der Waals surface area contributed by atoms with Crippen molar-refractivity contribution in [3.63, 3.8) is 0 Å². The Kier molecular flexibility index (Phi) is 5.28. The maximum Gasteiger partial charge on any atom is 0.398 e. The van der Waals surface area contributed by atoms with E-state index in [4.69, 9.17) is 19.9 Å². The number of carbonyl (C=O) groups is 1. The average Bonchev–Trinajstić information content (AvgIpc) is 2.10. The molecule has 0 saturated heterocycles. The van der Waals surface area contributed by atoms with Gasteiger partial charge >= 0.3 is 10.4 Å². The van der Waals surface area contributed by atoms with Gasteiger partial charge in [-0.1, -0.05) is 0 Å². The molecule has 0 rings (SSSR count). The first kappa shape index (κ1) is 14.4. The molecule has 0 radical (unpaired) electrons. The second-order valence-electron chi connectivity index (χ2n) is 2.80. The van der Waals surface area contributed by atoms with E-state index in [1.165, 1.54) is 0 Å². The van der Waals surface area contributed by atoms with Crippen LogP contribution in [0.2, 0.25) is 0 Å². The van der Waals surface area contributed by atoms with Gasteiger partial charge in [-0.05, 0) is 6.92 Å². The predicted octanol–water partition coefficient (Wildman–Crippen LogP) is -2.52. The van der Waals surface area contributed by atoms with Crippen LogP contribution in [-0.4, -0.2) is 59.0 Å². The van der Waals surface area contributed by atoms with Crippen molar-refractivity contribution >= 4 is 16.2 Å². The highest BCUT2D eigenvalue weighted by molar-refractivity contribution is 7.80. The van der Waals surface area contributed by atoms with Gasteiger partial charge in [0.1, 0.15) is 12.7 Å². The Hall–Kier alpha value is -0.580. The summed E-state index contributed by atoms with van der Waals surface area (Å²) in [6.45, 7) is -0.0142. The molecule has 4 N–H and O–H groups in total. The van der Waals surface area contributed by atoms with Crippen molar-refractivity contribution in [2.45, 2.75) is 25.2 Å². The van der Waals surface area contributed by atoms with E-state index in [2.05, 4.69) is 4.18 Å². The molecule has 0 amide bonds. The van der Waals surface area contributed by atoms with Gasteiger partial charge in [-0.3, -0.25) is 9.35 Å². The Morgan fingerprint density at radius 2 is 1.87 bits per heavy atom. The number of carbonyl (C=O) groups excluding carboxylic acids is 1. The Bertz CT molecular complexity index is 307. The molecule has 9 heteroatoms. The van der Waals surface area contributed by atoms with E-state index < -0.39 is 41.1 Å². The lowest BCUT2D eigenvalue weighted by atomic mass is 10.1. The lowest BCUT2D eigenvalue weighted by Gasteiger charge is -2.21. The molecule has 0 aliphatic heterocycles. The summed E-state index contributed by atoms with van der Waals surface area (Å²) >= 11 is 0. The molecule has 0 aromatic heterocycles. The van der Waals surface area contributed by atoms with Crippen LogP contribution in [0.5, 0.6) is 0 Å². The van der Waals surface area contributed by atoms with Gasteiger partial charge in [0.25, 0.3) is 0 Å². The van der Waals surface area contributed by atoms with E-state index in [0.717, 1.165) is 6.92 Å². The van der Waals surface area contributed by atoms with Crippen molar-refractivity contribution in [2.24, 2.45) is 0 Å². The van der Waals surface area contributed by atoms with Crippen molar-refractivity contribution in [1.29, 1.82) is 0 Å². The Balaban J connectivity index is 4.82. The molecule has 0 aliphatic carbocycles. The average molecular weight is 244 g/mol. The summed E-state index contributed by atoms with van der Waals surface area (Å²) in [5.41, 5.74) is 0. The van der Waals surface area contributed by atoms with E-state index >= 15 is 0 Å². The van der Waals surface area contributed by atoms with Gasteiger partial charge in [-0.15, -0.1) is 0 Å². The van der Waals surface area contributed by atoms with Gasteiger partial charge < -0.3 is 15.3 Å². The molecule has 8 nitrogen and oxygen atoms in total. The lowest BCUT2D eigenvalue weighted by Crippen LogP contribution is -2.45. The van der Waals surface area contributed by atoms with Crippen LogP contribution < -0.4 is 0 Å². The minimum Gasteiger partial charge on any atom is -0.391 e. The number of rotatable bonds is 6. The molecular formula is C6H12O8S. The van der Waals surface area contributed by atoms with Crippen LogP contribution >= 0.6 is 0 Å². The highest BCUT2D eigenvalue weighted by Crippen LogP contribution is 2.08. The first-order chi connectivity index (χ1) is 6.69. The van der Waals surface area contributed by atoms with Gasteiger partial charge in [0.05, 0.1) is 6.10 Å². The standard InChI is InChI=1S/C6H12O8S/c1-3(8)5(10)6(4(9)2-7)14-15(11,12)13/h3,5-8,10H,2H2,1H3,(H,11,12,13)/t3-,5+,6-/m1/s1. The van der Waals surface area contributed by atoms with Crippen molar-refractivity contribution in [3.05, 3.63) is 0 Å². The molecule has 15 heavy (non-hydrogen) atoms. The van der Waals surface area contributed by atoms with Crippen molar-refractivity contribution in [2.75, 3.05) is 6.61 Å². The monoisotopic (exact) mass is 244 g/mol. The summed E-state index contributed by atoms with van der Waals surface area (Å²) in [5.74, 6) is -1.18. The van der Waals surface area contributed by atoms with E-state index in [1.807, 2.05) is 0 Å². The molecule has 0 unspecified atom stereocenters. The first-order valence-electron chi connectivity index (χ1n) is 3.84. The SMILES string of the molecule is C[C@@H](O)[C@H](O)[C@H](OS(=O)(=O)O)C(=O)CO. The fraction of sp³-hybridized carbons (Fsp3) is 0.833. The molecule has 0 aromatic carbocycles. The highest BCUT2D eigenvalue weighted by Gasteiger charge is 2.34. The number of Topliss-reactive ketones (excluding diaryl/α,β-unsaturated/α-hetero) is 1. The van der Waals surface area contributed by atoms with Crippen LogP contribution in [0, 0.1) is 0 Å². The van der Waals surface area contributed by atoms with Crippen LogP contribution in [0.25, 0.3) is 0 Å². The minimum absolute atomic E-state index is 1.08. The number of ketones is 1. The van der Waals surface area contributed by atoms with Gasteiger partial charge in [-0.2, -0.15) is 8.42 Å². The fourth-order valence-corrected chi connectivity index (χ4v) is 1.26. The van der Waals surface area contributed by atoms with Crippen LogP contribution in [-0.2, 0) is 19.4 Å². The number of aliphatic hydroxyl groups excluding tert-OH is 3. The molecule has 0 aliphatic rings. The second-order valence-corrected chi connectivity index (χ2v) is 3.85. The highest BCUT2D eigenvalue weighted by atomic mass is 32.3. The van der Waals surface area contributed by atoms with Gasteiger partial charge in [0.2, 0.25) is 0 Å². The smallest absolute Gasteiger partial charge is 0.391 e. The third kappa shape index (κ3) is 5.16. The minimum atomic E-state index is -4.96. The first-order valence-corrected chi connectivity index (χ1v) is 5.21. The number of hydrogen-bond acceptors (Lipinski definition) is 7. The normalized spacial score (nSPS) is 18.2. The Labute approximate surface area is 86.1 Å². The summed E-state index contributed by atoms with van der Waals surface area (Å²) in [5, 5.41) is 26.5. The summed E-state index contributed by atoms with van der Waals surface area (Å²) in [6, 6.07) is 0. The molecule has 3 atom stereocenters. The summed E-state index contributed by atoms with van der Waals surface area (Å²) in [6.07, 6.45) is -5.37. The second kappa shape index (κ2) is 5.49. The zero-order valence-corrected chi connectivity index (χ0v) is 8.59. The maximum absolute atomic E-state index is 10.9. The molecule has 0 heterocycles. The molecule has 0 saturated carbocycles. The molecule has 0 bridgehead atoms. The predicted molar refractivity (Wildman–Crippen MR) is 46.2 cm³/mol. The molecule has 0 fully saturated rings. The van der Waals surface area contributed by atoms with Gasteiger partial charge in [0, 0.05) is 0 Å². The summed E-state index contributed by atoms with van der Waals surface area (Å²) < 4.78 is 32.7. The Morgan fingerprint density at radius 1 is 1.40 bits per heavy atom. The zero-order valence-electron chi connectivity index (χ0n) is 7.77. The van der Waals surface area contributed by atoms with E-state index in [1.54, 1.807) is 0 Å². The largest absolute Gasteiger partial charge is 0.398 e. The molecule has 0 spiro atoms. The van der Waals surface area contributed by atoms with Crippen LogP contribution in [0.3, 0.4) is 0 Å². The number of aliphatic hydroxyl groups is 3. The van der Waals surface area contributed by atoms with E-state index in [-0.39, 0.29) is 0 Å². The molecular weight excluding hydrogens is 232 g/mol.